The summed E-state index contributed by atoms with van der Waals surface area (Å²) in [4.78, 5) is 16.5. The first-order valence-corrected chi connectivity index (χ1v) is 8.49. The van der Waals surface area contributed by atoms with Crippen LogP contribution in [0.25, 0.3) is 0 Å². The first kappa shape index (κ1) is 15.9. The van der Waals surface area contributed by atoms with Gasteiger partial charge in [-0.25, -0.2) is 4.39 Å². The third-order valence-electron chi connectivity index (χ3n) is 4.28. The van der Waals surface area contributed by atoms with Crippen LogP contribution in [0, 0.1) is 5.82 Å². The van der Waals surface area contributed by atoms with E-state index in [1.54, 1.807) is 0 Å². The highest BCUT2D eigenvalue weighted by Gasteiger charge is 2.30. The van der Waals surface area contributed by atoms with Crippen molar-refractivity contribution in [2.45, 2.75) is 25.5 Å². The van der Waals surface area contributed by atoms with E-state index in [4.69, 9.17) is 4.74 Å². The second-order valence-corrected chi connectivity index (χ2v) is 6.71. The van der Waals surface area contributed by atoms with Crippen molar-refractivity contribution in [3.63, 3.8) is 0 Å². The predicted molar refractivity (Wildman–Crippen MR) is 84.9 cm³/mol. The molecule has 0 aliphatic carbocycles. The van der Waals surface area contributed by atoms with Gasteiger partial charge < -0.3 is 9.64 Å². The van der Waals surface area contributed by atoms with Crippen molar-refractivity contribution in [2.75, 3.05) is 32.8 Å². The zero-order valence-corrected chi connectivity index (χ0v) is 14.0. The number of rotatable bonds is 3. The largest absolute Gasteiger partial charge is 0.368 e. The van der Waals surface area contributed by atoms with Gasteiger partial charge in [0.25, 0.3) is 5.91 Å². The maximum atomic E-state index is 13.2. The van der Waals surface area contributed by atoms with E-state index >= 15 is 0 Å². The standard InChI is InChI=1S/C16H20BrFN2O2/c17-13-10-12(3-4-14(13)18)11-19-5-7-20(8-6-19)16(21)15-2-1-9-22-15/h3-4,10,15H,1-2,5-9,11H2. The number of halogens is 2. The molecule has 0 N–H and O–H groups in total. The van der Waals surface area contributed by atoms with Crippen molar-refractivity contribution in [1.82, 2.24) is 9.80 Å². The summed E-state index contributed by atoms with van der Waals surface area (Å²) in [6.45, 7) is 4.64. The minimum Gasteiger partial charge on any atom is -0.368 e. The van der Waals surface area contributed by atoms with Crippen LogP contribution < -0.4 is 0 Å². The number of carbonyl (C=O) groups is 1. The molecule has 4 nitrogen and oxygen atoms in total. The third-order valence-corrected chi connectivity index (χ3v) is 4.89. The van der Waals surface area contributed by atoms with Crippen molar-refractivity contribution in [2.24, 2.45) is 0 Å². The smallest absolute Gasteiger partial charge is 0.251 e. The Labute approximate surface area is 138 Å². The fraction of sp³-hybridized carbons (Fsp3) is 0.562. The maximum absolute atomic E-state index is 13.2. The number of hydrogen-bond acceptors (Lipinski definition) is 3. The fourth-order valence-corrected chi connectivity index (χ4v) is 3.42. The van der Waals surface area contributed by atoms with E-state index in [1.807, 2.05) is 17.0 Å². The van der Waals surface area contributed by atoms with Gasteiger partial charge in [-0.3, -0.25) is 9.69 Å². The summed E-state index contributed by atoms with van der Waals surface area (Å²) in [7, 11) is 0. The highest BCUT2D eigenvalue weighted by molar-refractivity contribution is 9.10. The molecule has 1 aromatic carbocycles. The van der Waals surface area contributed by atoms with Crippen molar-refractivity contribution in [3.8, 4) is 0 Å². The Morgan fingerprint density at radius 1 is 1.32 bits per heavy atom. The van der Waals surface area contributed by atoms with Crippen LogP contribution >= 0.6 is 15.9 Å². The topological polar surface area (TPSA) is 32.8 Å². The molecular formula is C16H20BrFN2O2. The summed E-state index contributed by atoms with van der Waals surface area (Å²) < 4.78 is 19.2. The molecule has 2 aliphatic heterocycles. The Morgan fingerprint density at radius 3 is 2.73 bits per heavy atom. The Morgan fingerprint density at radius 2 is 2.09 bits per heavy atom. The zero-order valence-electron chi connectivity index (χ0n) is 12.4. The van der Waals surface area contributed by atoms with Crippen LogP contribution in [0.1, 0.15) is 18.4 Å². The summed E-state index contributed by atoms with van der Waals surface area (Å²) in [6.07, 6.45) is 1.61. The molecule has 2 heterocycles. The number of piperazine rings is 1. The first-order valence-electron chi connectivity index (χ1n) is 7.70. The molecule has 120 valence electrons. The molecule has 0 spiro atoms. The number of ether oxygens (including phenoxy) is 1. The van der Waals surface area contributed by atoms with Gasteiger partial charge in [0, 0.05) is 39.3 Å². The lowest BCUT2D eigenvalue weighted by Gasteiger charge is -2.35. The van der Waals surface area contributed by atoms with Gasteiger partial charge in [-0.05, 0) is 46.5 Å². The average Bonchev–Trinajstić information content (AvgIpc) is 3.05. The van der Waals surface area contributed by atoms with Gasteiger partial charge in [0.05, 0.1) is 4.47 Å². The van der Waals surface area contributed by atoms with Gasteiger partial charge in [0.15, 0.2) is 0 Å². The van der Waals surface area contributed by atoms with E-state index in [1.165, 1.54) is 6.07 Å². The lowest BCUT2D eigenvalue weighted by molar-refractivity contribution is -0.142. The van der Waals surface area contributed by atoms with Crippen LogP contribution in [0.5, 0.6) is 0 Å². The lowest BCUT2D eigenvalue weighted by Crippen LogP contribution is -2.51. The van der Waals surface area contributed by atoms with Crippen molar-refractivity contribution >= 4 is 21.8 Å². The van der Waals surface area contributed by atoms with Gasteiger partial charge in [0.1, 0.15) is 11.9 Å². The molecule has 0 saturated carbocycles. The molecule has 0 bridgehead atoms. The Balaban J connectivity index is 1.51. The molecule has 22 heavy (non-hydrogen) atoms. The molecule has 1 amide bonds. The van der Waals surface area contributed by atoms with Gasteiger partial charge in [-0.1, -0.05) is 6.07 Å². The summed E-state index contributed by atoms with van der Waals surface area (Å²) in [5.41, 5.74) is 1.08. The minimum absolute atomic E-state index is 0.140. The normalized spacial score (nSPS) is 23.0. The third kappa shape index (κ3) is 3.67. The average molecular weight is 371 g/mol. The monoisotopic (exact) mass is 370 g/mol. The van der Waals surface area contributed by atoms with E-state index < -0.39 is 0 Å². The molecule has 2 saturated heterocycles. The minimum atomic E-state index is -0.240. The predicted octanol–water partition coefficient (Wildman–Crippen LogP) is 2.41. The number of benzene rings is 1. The number of amides is 1. The SMILES string of the molecule is O=C(C1CCCO1)N1CCN(Cc2ccc(F)c(Br)c2)CC1. The van der Waals surface area contributed by atoms with Crippen LogP contribution in [-0.4, -0.2) is 54.6 Å². The molecule has 1 aromatic rings. The maximum Gasteiger partial charge on any atom is 0.251 e. The molecule has 2 aliphatic rings. The molecule has 3 rings (SSSR count). The van der Waals surface area contributed by atoms with Crippen LogP contribution in [0.4, 0.5) is 4.39 Å². The highest BCUT2D eigenvalue weighted by Crippen LogP contribution is 2.19. The van der Waals surface area contributed by atoms with E-state index in [0.29, 0.717) is 11.1 Å². The Hall–Kier alpha value is -0.980. The van der Waals surface area contributed by atoms with E-state index in [2.05, 4.69) is 20.8 Å². The summed E-state index contributed by atoms with van der Waals surface area (Å²) >= 11 is 3.22. The van der Waals surface area contributed by atoms with Gasteiger partial charge in [0.2, 0.25) is 0 Å². The summed E-state index contributed by atoms with van der Waals surface area (Å²) in [6, 6.07) is 5.11. The van der Waals surface area contributed by atoms with Gasteiger partial charge >= 0.3 is 0 Å². The van der Waals surface area contributed by atoms with E-state index in [-0.39, 0.29) is 17.8 Å². The van der Waals surface area contributed by atoms with Gasteiger partial charge in [-0.2, -0.15) is 0 Å². The quantitative estimate of drug-likeness (QED) is 0.818. The fourth-order valence-electron chi connectivity index (χ4n) is 3.00. The number of hydrogen-bond donors (Lipinski definition) is 0. The van der Waals surface area contributed by atoms with Crippen LogP contribution in [0.15, 0.2) is 22.7 Å². The van der Waals surface area contributed by atoms with Crippen LogP contribution in [0.3, 0.4) is 0 Å². The van der Waals surface area contributed by atoms with Crippen molar-refractivity contribution in [3.05, 3.63) is 34.1 Å². The second-order valence-electron chi connectivity index (χ2n) is 5.85. The molecule has 0 aromatic heterocycles. The van der Waals surface area contributed by atoms with Crippen LogP contribution in [-0.2, 0) is 16.1 Å². The van der Waals surface area contributed by atoms with E-state index in [0.717, 1.165) is 51.1 Å². The molecule has 1 atom stereocenters. The van der Waals surface area contributed by atoms with Crippen molar-refractivity contribution in [1.29, 1.82) is 0 Å². The Bertz CT molecular complexity index is 541. The lowest BCUT2D eigenvalue weighted by atomic mass is 10.1. The molecular weight excluding hydrogens is 351 g/mol. The van der Waals surface area contributed by atoms with Crippen LogP contribution in [0.2, 0.25) is 0 Å². The Kier molecular flexibility index (Phi) is 5.10. The van der Waals surface area contributed by atoms with Crippen molar-refractivity contribution < 1.29 is 13.9 Å². The van der Waals surface area contributed by atoms with E-state index in [9.17, 15) is 9.18 Å². The van der Waals surface area contributed by atoms with Gasteiger partial charge in [-0.15, -0.1) is 0 Å². The summed E-state index contributed by atoms with van der Waals surface area (Å²) in [5, 5.41) is 0. The second kappa shape index (κ2) is 7.06. The molecule has 2 fully saturated rings. The zero-order chi connectivity index (χ0) is 15.5. The molecule has 6 heteroatoms. The highest BCUT2D eigenvalue weighted by atomic mass is 79.9. The number of carbonyl (C=O) groups excluding carboxylic acids is 1. The first-order chi connectivity index (χ1) is 10.6. The molecule has 1 unspecified atom stereocenters. The number of nitrogens with zero attached hydrogens (tertiary/aromatic N) is 2. The summed E-state index contributed by atoms with van der Waals surface area (Å²) in [5.74, 6) is -0.0996. The molecule has 0 radical (unpaired) electrons.